The van der Waals surface area contributed by atoms with Gasteiger partial charge in [-0.3, -0.25) is 0 Å². The molecule has 0 unspecified atom stereocenters. The number of rotatable bonds is 2. The molecule has 0 aliphatic heterocycles. The zero-order valence-corrected chi connectivity index (χ0v) is 17.1. The van der Waals surface area contributed by atoms with Gasteiger partial charge in [-0.05, 0) is 50.4 Å². The van der Waals surface area contributed by atoms with E-state index in [0.29, 0.717) is 16.3 Å². The van der Waals surface area contributed by atoms with Gasteiger partial charge in [0.1, 0.15) is 16.0 Å². The van der Waals surface area contributed by atoms with Crippen LogP contribution in [0.5, 0.6) is 0 Å². The number of fused-ring (bicyclic) bond motifs is 3. The molecule has 0 aromatic carbocycles. The number of aryl methyl sites for hydroxylation is 1. The van der Waals surface area contributed by atoms with E-state index in [-0.39, 0.29) is 5.97 Å². The van der Waals surface area contributed by atoms with Crippen LogP contribution in [-0.4, -0.2) is 32.7 Å². The first-order valence-electron chi connectivity index (χ1n) is 6.67. The first-order chi connectivity index (χ1) is 11.5. The number of hydrogen-bond donors (Lipinski definition) is 0. The van der Waals surface area contributed by atoms with E-state index < -0.39 is 0 Å². The zero-order chi connectivity index (χ0) is 17.0. The molecular formula is C14H8Br2N4O2S2. The highest BCUT2D eigenvalue weighted by molar-refractivity contribution is 9.13. The fourth-order valence-electron chi connectivity index (χ4n) is 2.38. The Balaban J connectivity index is 1.98. The van der Waals surface area contributed by atoms with Crippen molar-refractivity contribution in [3.8, 4) is 10.7 Å². The lowest BCUT2D eigenvalue weighted by Crippen LogP contribution is -1.99. The Bertz CT molecular complexity index is 1100. The third-order valence-electron chi connectivity index (χ3n) is 3.50. The van der Waals surface area contributed by atoms with Crippen LogP contribution in [0.2, 0.25) is 0 Å². The number of carbonyl (C=O) groups is 1. The summed E-state index contributed by atoms with van der Waals surface area (Å²) >= 11 is 9.81. The number of aromatic nitrogens is 4. The maximum absolute atomic E-state index is 11.9. The molecule has 4 aromatic heterocycles. The van der Waals surface area contributed by atoms with Crippen molar-refractivity contribution in [3.63, 3.8) is 0 Å². The van der Waals surface area contributed by atoms with E-state index in [0.717, 1.165) is 28.9 Å². The van der Waals surface area contributed by atoms with Crippen molar-refractivity contribution >= 4 is 76.4 Å². The van der Waals surface area contributed by atoms with Crippen LogP contribution in [0.15, 0.2) is 20.7 Å². The minimum atomic E-state index is -0.362. The maximum atomic E-state index is 11.9. The third kappa shape index (κ3) is 2.40. The van der Waals surface area contributed by atoms with Crippen molar-refractivity contribution in [3.05, 3.63) is 31.1 Å². The molecule has 4 aromatic rings. The molecule has 0 fully saturated rings. The van der Waals surface area contributed by atoms with E-state index in [9.17, 15) is 4.79 Å². The number of carbonyl (C=O) groups excluding carboxylic acids is 1. The minimum Gasteiger partial charge on any atom is -0.465 e. The second-order valence-corrected chi connectivity index (χ2v) is 9.13. The fourth-order valence-corrected chi connectivity index (χ4v) is 5.41. The van der Waals surface area contributed by atoms with E-state index in [1.54, 1.807) is 22.2 Å². The van der Waals surface area contributed by atoms with Gasteiger partial charge in [-0.1, -0.05) is 0 Å². The van der Waals surface area contributed by atoms with Crippen LogP contribution < -0.4 is 0 Å². The van der Waals surface area contributed by atoms with E-state index in [1.165, 1.54) is 18.4 Å². The Labute approximate surface area is 160 Å². The SMILES string of the molecule is COC(=O)c1sc2ncn3nc(-c4cc(Br)c(Br)s4)nc3c2c1C. The summed E-state index contributed by atoms with van der Waals surface area (Å²) in [4.78, 5) is 23.2. The lowest BCUT2D eigenvalue weighted by molar-refractivity contribution is 0.0605. The maximum Gasteiger partial charge on any atom is 0.348 e. The second kappa shape index (κ2) is 5.87. The van der Waals surface area contributed by atoms with Crippen LogP contribution in [-0.2, 0) is 4.74 Å². The normalized spacial score (nSPS) is 11.5. The molecule has 10 heteroatoms. The molecule has 0 N–H and O–H groups in total. The quantitative estimate of drug-likeness (QED) is 0.383. The number of hydrogen-bond acceptors (Lipinski definition) is 7. The molecule has 0 atom stereocenters. The Kier molecular flexibility index (Phi) is 3.94. The van der Waals surface area contributed by atoms with Gasteiger partial charge in [0, 0.05) is 4.47 Å². The summed E-state index contributed by atoms with van der Waals surface area (Å²) in [7, 11) is 1.37. The molecule has 0 amide bonds. The lowest BCUT2D eigenvalue weighted by Gasteiger charge is -1.96. The lowest BCUT2D eigenvalue weighted by atomic mass is 10.2. The Morgan fingerprint density at radius 3 is 2.79 bits per heavy atom. The molecule has 0 aliphatic rings. The third-order valence-corrected chi connectivity index (χ3v) is 7.94. The van der Waals surface area contributed by atoms with Crippen LogP contribution in [0.3, 0.4) is 0 Å². The van der Waals surface area contributed by atoms with E-state index >= 15 is 0 Å². The smallest absolute Gasteiger partial charge is 0.348 e. The van der Waals surface area contributed by atoms with E-state index in [4.69, 9.17) is 4.74 Å². The highest BCUT2D eigenvalue weighted by Gasteiger charge is 2.21. The largest absolute Gasteiger partial charge is 0.465 e. The molecular weight excluding hydrogens is 480 g/mol. The van der Waals surface area contributed by atoms with Crippen LogP contribution in [0.1, 0.15) is 15.2 Å². The molecule has 6 nitrogen and oxygen atoms in total. The van der Waals surface area contributed by atoms with E-state index in [1.807, 2.05) is 13.0 Å². The molecule has 4 rings (SSSR count). The number of methoxy groups -OCH3 is 1. The summed E-state index contributed by atoms with van der Waals surface area (Å²) in [6.45, 7) is 1.87. The van der Waals surface area contributed by atoms with Crippen molar-refractivity contribution in [1.82, 2.24) is 19.6 Å². The van der Waals surface area contributed by atoms with Crippen molar-refractivity contribution < 1.29 is 9.53 Å². The highest BCUT2D eigenvalue weighted by Crippen LogP contribution is 2.38. The van der Waals surface area contributed by atoms with Gasteiger partial charge in [-0.25, -0.2) is 19.3 Å². The number of esters is 1. The van der Waals surface area contributed by atoms with Gasteiger partial charge in [-0.2, -0.15) is 0 Å². The highest BCUT2D eigenvalue weighted by atomic mass is 79.9. The first-order valence-corrected chi connectivity index (χ1v) is 9.89. The predicted molar refractivity (Wildman–Crippen MR) is 101 cm³/mol. The van der Waals surface area contributed by atoms with E-state index in [2.05, 4.69) is 46.9 Å². The zero-order valence-electron chi connectivity index (χ0n) is 12.3. The van der Waals surface area contributed by atoms with Crippen molar-refractivity contribution in [2.45, 2.75) is 6.92 Å². The van der Waals surface area contributed by atoms with Crippen LogP contribution >= 0.6 is 54.5 Å². The van der Waals surface area contributed by atoms with Gasteiger partial charge < -0.3 is 4.74 Å². The van der Waals surface area contributed by atoms with Gasteiger partial charge in [-0.15, -0.1) is 27.8 Å². The molecule has 0 saturated carbocycles. The number of ether oxygens (including phenoxy) is 1. The van der Waals surface area contributed by atoms with Crippen LogP contribution in [0.4, 0.5) is 0 Å². The minimum absolute atomic E-state index is 0.362. The molecule has 0 aliphatic carbocycles. The fraction of sp³-hybridized carbons (Fsp3) is 0.143. The van der Waals surface area contributed by atoms with Gasteiger partial charge in [0.15, 0.2) is 11.5 Å². The van der Waals surface area contributed by atoms with Crippen molar-refractivity contribution in [2.24, 2.45) is 0 Å². The summed E-state index contributed by atoms with van der Waals surface area (Å²) in [5.74, 6) is 0.255. The summed E-state index contributed by atoms with van der Waals surface area (Å²) in [6.07, 6.45) is 1.61. The summed E-state index contributed by atoms with van der Waals surface area (Å²) in [5, 5.41) is 5.33. The molecule has 4 heterocycles. The Morgan fingerprint density at radius 2 is 2.12 bits per heavy atom. The number of halogens is 2. The molecule has 0 saturated heterocycles. The molecule has 0 radical (unpaired) electrons. The Morgan fingerprint density at radius 1 is 1.33 bits per heavy atom. The summed E-state index contributed by atoms with van der Waals surface area (Å²) in [5.41, 5.74) is 1.49. The molecule has 122 valence electrons. The average Bonchev–Trinajstić information content (AvgIpc) is 3.23. The topological polar surface area (TPSA) is 69.4 Å². The van der Waals surface area contributed by atoms with Crippen molar-refractivity contribution in [2.75, 3.05) is 7.11 Å². The van der Waals surface area contributed by atoms with Gasteiger partial charge >= 0.3 is 5.97 Å². The number of thiophene rings is 2. The average molecular weight is 488 g/mol. The summed E-state index contributed by atoms with van der Waals surface area (Å²) in [6, 6.07) is 1.97. The van der Waals surface area contributed by atoms with Crippen LogP contribution in [0, 0.1) is 6.92 Å². The predicted octanol–water partition coefficient (Wildman–Crippen LogP) is 4.69. The standard InChI is InChI=1S/C14H8Br2N4O2S2/c1-5-8-12-18-11(7-3-6(15)10(16)23-7)19-20(12)4-17-13(8)24-9(5)14(21)22-2/h3-4H,1-2H3. The Hall–Kier alpha value is -1.36. The monoisotopic (exact) mass is 486 g/mol. The summed E-state index contributed by atoms with van der Waals surface area (Å²) < 4.78 is 8.43. The van der Waals surface area contributed by atoms with Crippen LogP contribution in [0.25, 0.3) is 26.6 Å². The second-order valence-electron chi connectivity index (χ2n) is 4.91. The number of nitrogens with zero attached hydrogens (tertiary/aromatic N) is 4. The first kappa shape index (κ1) is 16.1. The van der Waals surface area contributed by atoms with Crippen molar-refractivity contribution in [1.29, 1.82) is 0 Å². The molecule has 0 spiro atoms. The van der Waals surface area contributed by atoms with Gasteiger partial charge in [0.25, 0.3) is 0 Å². The molecule has 0 bridgehead atoms. The van der Waals surface area contributed by atoms with Gasteiger partial charge in [0.05, 0.1) is 21.2 Å². The molecule has 24 heavy (non-hydrogen) atoms. The van der Waals surface area contributed by atoms with Gasteiger partial charge in [0.2, 0.25) is 0 Å².